The maximum absolute atomic E-state index is 13.2. The molecule has 3 rings (SSSR count). The second kappa shape index (κ2) is 9.39. The Balaban J connectivity index is 1.63. The van der Waals surface area contributed by atoms with Crippen molar-refractivity contribution in [2.45, 2.75) is 6.04 Å². The van der Waals surface area contributed by atoms with Crippen LogP contribution in [0.5, 0.6) is 0 Å². The molecule has 0 unspecified atom stereocenters. The van der Waals surface area contributed by atoms with E-state index in [1.54, 1.807) is 0 Å². The highest BCUT2D eigenvalue weighted by Gasteiger charge is 2.27. The number of hydrogen-bond acceptors (Lipinski definition) is 4. The Morgan fingerprint density at radius 2 is 1.86 bits per heavy atom. The molecule has 0 saturated carbocycles. The van der Waals surface area contributed by atoms with Crippen LogP contribution in [0.25, 0.3) is 0 Å². The second-order valence-corrected chi connectivity index (χ2v) is 7.60. The largest absolute Gasteiger partial charge is 0.353 e. The molecule has 9 heteroatoms. The molecule has 29 heavy (non-hydrogen) atoms. The highest BCUT2D eigenvalue weighted by molar-refractivity contribution is 6.39. The summed E-state index contributed by atoms with van der Waals surface area (Å²) in [5.74, 6) is -2.16. The number of likely N-dealkylation sites (N-methyl/N-ethyl adjacent to an activating group) is 1. The first-order valence-electron chi connectivity index (χ1n) is 9.43. The Kier molecular flexibility index (Phi) is 6.89. The Bertz CT molecular complexity index is 880. The minimum atomic E-state index is -0.823. The zero-order valence-electron chi connectivity index (χ0n) is 16.5. The lowest BCUT2D eigenvalue weighted by Crippen LogP contribution is -2.49. The van der Waals surface area contributed by atoms with E-state index in [1.807, 2.05) is 29.9 Å². The van der Waals surface area contributed by atoms with Crippen LogP contribution in [-0.2, 0) is 16.6 Å². The topological polar surface area (TPSA) is 69.6 Å². The number of aryl methyl sites for hydroxylation is 1. The van der Waals surface area contributed by atoms with Crippen molar-refractivity contribution >= 4 is 29.1 Å². The van der Waals surface area contributed by atoms with Gasteiger partial charge >= 0.3 is 11.8 Å². The number of carbonyl (C=O) groups excluding carboxylic acids is 2. The Morgan fingerprint density at radius 3 is 2.48 bits per heavy atom. The molecule has 1 atom stereocenters. The van der Waals surface area contributed by atoms with E-state index >= 15 is 0 Å². The quantitative estimate of drug-likeness (QED) is 0.723. The van der Waals surface area contributed by atoms with E-state index in [4.69, 9.17) is 11.6 Å². The van der Waals surface area contributed by atoms with Crippen LogP contribution in [0.15, 0.2) is 36.5 Å². The lowest BCUT2D eigenvalue weighted by atomic mass is 10.1. The van der Waals surface area contributed by atoms with Gasteiger partial charge in [-0.15, -0.1) is 0 Å². The zero-order chi connectivity index (χ0) is 21.0. The molecule has 1 saturated heterocycles. The molecule has 2 N–H and O–H groups in total. The molecule has 0 aliphatic carbocycles. The molecule has 2 heterocycles. The van der Waals surface area contributed by atoms with Gasteiger partial charge in [0.2, 0.25) is 0 Å². The summed E-state index contributed by atoms with van der Waals surface area (Å²) in [7, 11) is 4.05. The summed E-state index contributed by atoms with van der Waals surface area (Å²) in [5.41, 5.74) is 1.33. The first-order chi connectivity index (χ1) is 13.8. The molecule has 156 valence electrons. The Labute approximate surface area is 174 Å². The number of rotatable bonds is 5. The third-order valence-electron chi connectivity index (χ3n) is 5.14. The number of hydrogen-bond donors (Lipinski definition) is 2. The predicted octanol–water partition coefficient (Wildman–Crippen LogP) is 1.86. The number of nitrogens with one attached hydrogen (secondary N) is 2. The molecule has 0 spiro atoms. The van der Waals surface area contributed by atoms with Crippen molar-refractivity contribution in [1.82, 2.24) is 19.7 Å². The van der Waals surface area contributed by atoms with Crippen LogP contribution in [0.3, 0.4) is 0 Å². The van der Waals surface area contributed by atoms with Gasteiger partial charge in [-0.3, -0.25) is 14.5 Å². The summed E-state index contributed by atoms with van der Waals surface area (Å²) in [5, 5.41) is 5.04. The number of anilines is 1. The smallest absolute Gasteiger partial charge is 0.313 e. The average molecular weight is 422 g/mol. The summed E-state index contributed by atoms with van der Waals surface area (Å²) < 4.78 is 15.3. The molecule has 0 radical (unpaired) electrons. The van der Waals surface area contributed by atoms with Crippen molar-refractivity contribution in [3.05, 3.63) is 53.1 Å². The number of piperazine rings is 1. The van der Waals surface area contributed by atoms with Crippen molar-refractivity contribution in [2.24, 2.45) is 7.05 Å². The van der Waals surface area contributed by atoms with Gasteiger partial charge in [-0.2, -0.15) is 0 Å². The van der Waals surface area contributed by atoms with E-state index in [9.17, 15) is 14.0 Å². The van der Waals surface area contributed by atoms with Gasteiger partial charge in [-0.1, -0.05) is 11.6 Å². The summed E-state index contributed by atoms with van der Waals surface area (Å²) in [6.07, 6.45) is 1.96. The summed E-state index contributed by atoms with van der Waals surface area (Å²) in [6, 6.07) is 7.69. The normalized spacial score (nSPS) is 16.4. The van der Waals surface area contributed by atoms with Crippen LogP contribution in [0.4, 0.5) is 10.1 Å². The molecule has 2 amide bonds. The molecule has 0 bridgehead atoms. The Hall–Kier alpha value is -2.42. The molecule has 1 aliphatic heterocycles. The lowest BCUT2D eigenvalue weighted by Gasteiger charge is -2.38. The van der Waals surface area contributed by atoms with Crippen molar-refractivity contribution in [1.29, 1.82) is 0 Å². The van der Waals surface area contributed by atoms with E-state index < -0.39 is 17.6 Å². The lowest BCUT2D eigenvalue weighted by molar-refractivity contribution is -0.136. The van der Waals surface area contributed by atoms with Crippen molar-refractivity contribution < 1.29 is 14.0 Å². The monoisotopic (exact) mass is 421 g/mol. The predicted molar refractivity (Wildman–Crippen MR) is 110 cm³/mol. The van der Waals surface area contributed by atoms with Crippen LogP contribution in [0.2, 0.25) is 5.02 Å². The second-order valence-electron chi connectivity index (χ2n) is 7.19. The molecule has 1 fully saturated rings. The molecule has 1 aliphatic rings. The van der Waals surface area contributed by atoms with Gasteiger partial charge < -0.3 is 20.1 Å². The van der Waals surface area contributed by atoms with E-state index in [0.29, 0.717) is 6.54 Å². The fourth-order valence-corrected chi connectivity index (χ4v) is 3.59. The van der Waals surface area contributed by atoms with Crippen LogP contribution in [0.1, 0.15) is 11.7 Å². The van der Waals surface area contributed by atoms with Crippen LogP contribution >= 0.6 is 11.6 Å². The minimum absolute atomic E-state index is 0.0410. The standard InChI is InChI=1S/C20H25ClFN5O2/c1-25-8-10-27(11-9-25)18(17-4-3-7-26(17)2)13-23-19(28)20(29)24-14-5-6-16(22)15(21)12-14/h3-7,12,18H,8-11,13H2,1-2H3,(H,23,28)(H,24,29)/t18-/m0/s1. The molecule has 2 aromatic rings. The minimum Gasteiger partial charge on any atom is -0.353 e. The van der Waals surface area contributed by atoms with Crippen LogP contribution in [0, 0.1) is 5.82 Å². The molecule has 7 nitrogen and oxygen atoms in total. The Morgan fingerprint density at radius 1 is 1.14 bits per heavy atom. The van der Waals surface area contributed by atoms with Gasteiger partial charge in [-0.25, -0.2) is 4.39 Å². The van der Waals surface area contributed by atoms with Crippen molar-refractivity contribution in [3.63, 3.8) is 0 Å². The van der Waals surface area contributed by atoms with Crippen molar-refractivity contribution in [3.8, 4) is 0 Å². The third kappa shape index (κ3) is 5.35. The molecule has 1 aromatic carbocycles. The molecule has 1 aromatic heterocycles. The van der Waals surface area contributed by atoms with Gasteiger partial charge in [0, 0.05) is 57.3 Å². The number of halogens is 2. The van der Waals surface area contributed by atoms with Gasteiger partial charge in [-0.05, 0) is 37.4 Å². The van der Waals surface area contributed by atoms with Crippen LogP contribution in [-0.4, -0.2) is 66.0 Å². The highest BCUT2D eigenvalue weighted by Crippen LogP contribution is 2.22. The maximum atomic E-state index is 13.2. The van der Waals surface area contributed by atoms with Crippen molar-refractivity contribution in [2.75, 3.05) is 45.1 Å². The van der Waals surface area contributed by atoms with E-state index in [1.165, 1.54) is 12.1 Å². The van der Waals surface area contributed by atoms with Gasteiger partial charge in [0.25, 0.3) is 0 Å². The highest BCUT2D eigenvalue weighted by atomic mass is 35.5. The fraction of sp³-hybridized carbons (Fsp3) is 0.400. The third-order valence-corrected chi connectivity index (χ3v) is 5.43. The number of nitrogens with zero attached hydrogens (tertiary/aromatic N) is 3. The summed E-state index contributed by atoms with van der Waals surface area (Å²) >= 11 is 5.71. The number of benzene rings is 1. The average Bonchev–Trinajstić information content (AvgIpc) is 3.12. The zero-order valence-corrected chi connectivity index (χ0v) is 17.2. The molecular formula is C20H25ClFN5O2. The first-order valence-corrected chi connectivity index (χ1v) is 9.81. The van der Waals surface area contributed by atoms with E-state index in [-0.39, 0.29) is 16.8 Å². The molecular weight excluding hydrogens is 397 g/mol. The van der Waals surface area contributed by atoms with Crippen LogP contribution < -0.4 is 10.6 Å². The van der Waals surface area contributed by atoms with Gasteiger partial charge in [0.05, 0.1) is 11.1 Å². The SMILES string of the molecule is CN1CCN([C@@H](CNC(=O)C(=O)Nc2ccc(F)c(Cl)c2)c2cccn2C)CC1. The summed E-state index contributed by atoms with van der Waals surface area (Å²) in [4.78, 5) is 29.1. The fourth-order valence-electron chi connectivity index (χ4n) is 3.41. The van der Waals surface area contributed by atoms with E-state index in [2.05, 4.69) is 27.5 Å². The number of aromatic nitrogens is 1. The van der Waals surface area contributed by atoms with Gasteiger partial charge in [0.15, 0.2) is 0 Å². The number of carbonyl (C=O) groups is 2. The summed E-state index contributed by atoms with van der Waals surface area (Å²) in [6.45, 7) is 3.95. The van der Waals surface area contributed by atoms with Gasteiger partial charge in [0.1, 0.15) is 5.82 Å². The number of amides is 2. The van der Waals surface area contributed by atoms with E-state index in [0.717, 1.165) is 37.9 Å². The maximum Gasteiger partial charge on any atom is 0.313 e. The first kappa shape index (κ1) is 21.3.